The van der Waals surface area contributed by atoms with Crippen LogP contribution >= 0.6 is 0 Å². The Morgan fingerprint density at radius 1 is 1.21 bits per heavy atom. The molecule has 24 heavy (non-hydrogen) atoms. The van der Waals surface area contributed by atoms with Crippen LogP contribution in [0, 0.1) is 17.1 Å². The van der Waals surface area contributed by atoms with Gasteiger partial charge in [0, 0.05) is 30.0 Å². The summed E-state index contributed by atoms with van der Waals surface area (Å²) in [7, 11) is 0. The van der Waals surface area contributed by atoms with E-state index in [0.29, 0.717) is 10.5 Å². The first-order valence-corrected chi connectivity index (χ1v) is 8.59. The molecule has 0 aromatic heterocycles. The van der Waals surface area contributed by atoms with E-state index in [-0.39, 0.29) is 22.6 Å². The summed E-state index contributed by atoms with van der Waals surface area (Å²) >= 11 is -1.40. The normalized spacial score (nSPS) is 16.3. The topological polar surface area (TPSA) is 56.1 Å². The molecule has 0 spiro atoms. The molecule has 0 amide bonds. The molecule has 1 atom stereocenters. The highest BCUT2D eigenvalue weighted by atomic mass is 32.2. The Bertz CT molecular complexity index is 846. The highest BCUT2D eigenvalue weighted by Gasteiger charge is 2.42. The maximum atomic E-state index is 13.8. The molecular weight excluding hydrogens is 339 g/mol. The number of rotatable bonds is 3. The molecule has 1 aliphatic rings. The van der Waals surface area contributed by atoms with Crippen LogP contribution in [-0.2, 0) is 24.0 Å². The Morgan fingerprint density at radius 3 is 2.58 bits per heavy atom. The third-order valence-corrected chi connectivity index (χ3v) is 4.76. The van der Waals surface area contributed by atoms with E-state index in [1.807, 2.05) is 0 Å². The molecule has 124 valence electrons. The summed E-state index contributed by atoms with van der Waals surface area (Å²) < 4.78 is 58.4. The average Bonchev–Trinajstić information content (AvgIpc) is 2.82. The summed E-state index contributed by atoms with van der Waals surface area (Å²) in [6, 6.07) is 8.19. The highest BCUT2D eigenvalue weighted by Crippen LogP contribution is 2.43. The van der Waals surface area contributed by atoms with Gasteiger partial charge in [0.25, 0.3) is 5.92 Å². The van der Waals surface area contributed by atoms with Crippen molar-refractivity contribution in [2.75, 3.05) is 6.26 Å². The Kier molecular flexibility index (Phi) is 4.20. The van der Waals surface area contributed by atoms with E-state index in [9.17, 15) is 17.7 Å². The standard InChI is InChI=1S/C17H12F3NO2S/c1-24(22)16-3-2-15(13-7-17(19,20)8-14(13)16)23-12-5-10(9-21)4-11(18)6-12/h2-6H,7-8H2,1H3. The van der Waals surface area contributed by atoms with Crippen LogP contribution < -0.4 is 4.74 Å². The Morgan fingerprint density at radius 2 is 1.92 bits per heavy atom. The summed E-state index contributed by atoms with van der Waals surface area (Å²) in [5.74, 6) is -3.38. The van der Waals surface area contributed by atoms with Gasteiger partial charge in [-0.3, -0.25) is 0 Å². The van der Waals surface area contributed by atoms with Gasteiger partial charge in [0.1, 0.15) is 23.6 Å². The van der Waals surface area contributed by atoms with Gasteiger partial charge in [-0.05, 0) is 35.4 Å². The van der Waals surface area contributed by atoms with Crippen molar-refractivity contribution in [3.05, 3.63) is 52.8 Å². The third kappa shape index (κ3) is 3.21. The molecule has 0 N–H and O–H groups in total. The van der Waals surface area contributed by atoms with E-state index in [1.54, 1.807) is 6.07 Å². The van der Waals surface area contributed by atoms with E-state index in [2.05, 4.69) is 0 Å². The largest absolute Gasteiger partial charge is 0.612 e. The second-order valence-corrected chi connectivity index (χ2v) is 6.92. The number of hydrogen-bond acceptors (Lipinski definition) is 3. The van der Waals surface area contributed by atoms with E-state index in [0.717, 1.165) is 12.1 Å². The number of ether oxygens (including phenoxy) is 1. The van der Waals surface area contributed by atoms with Gasteiger partial charge in [-0.25, -0.2) is 13.2 Å². The number of fused-ring (bicyclic) bond motifs is 1. The lowest BCUT2D eigenvalue weighted by Gasteiger charge is -2.14. The van der Waals surface area contributed by atoms with Crippen LogP contribution in [0.25, 0.3) is 0 Å². The Labute approximate surface area is 139 Å². The summed E-state index contributed by atoms with van der Waals surface area (Å²) in [5.41, 5.74) is 0.656. The molecule has 7 heteroatoms. The quantitative estimate of drug-likeness (QED) is 0.787. The van der Waals surface area contributed by atoms with E-state index in [1.165, 1.54) is 24.5 Å². The van der Waals surface area contributed by atoms with Crippen LogP contribution in [0.4, 0.5) is 13.2 Å². The third-order valence-electron chi connectivity index (χ3n) is 3.75. The molecule has 0 heterocycles. The van der Waals surface area contributed by atoms with Crippen molar-refractivity contribution >= 4 is 11.2 Å². The zero-order valence-electron chi connectivity index (χ0n) is 12.6. The maximum Gasteiger partial charge on any atom is 0.256 e. The number of nitrogens with zero attached hydrogens (tertiary/aromatic N) is 1. The molecule has 0 bridgehead atoms. The van der Waals surface area contributed by atoms with Gasteiger partial charge >= 0.3 is 0 Å². The monoisotopic (exact) mass is 351 g/mol. The van der Waals surface area contributed by atoms with Gasteiger partial charge in [0.15, 0.2) is 4.90 Å². The number of benzene rings is 2. The summed E-state index contributed by atoms with van der Waals surface area (Å²) in [4.78, 5) is 0.353. The van der Waals surface area contributed by atoms with Crippen molar-refractivity contribution < 1.29 is 22.5 Å². The lowest BCUT2D eigenvalue weighted by molar-refractivity contribution is 0.0125. The smallest absolute Gasteiger partial charge is 0.256 e. The minimum absolute atomic E-state index is 0.0503. The van der Waals surface area contributed by atoms with Crippen molar-refractivity contribution in [1.29, 1.82) is 5.26 Å². The van der Waals surface area contributed by atoms with E-state index < -0.39 is 35.8 Å². The van der Waals surface area contributed by atoms with Gasteiger partial charge in [-0.15, -0.1) is 0 Å². The van der Waals surface area contributed by atoms with Crippen LogP contribution in [0.3, 0.4) is 0 Å². The summed E-state index contributed by atoms with van der Waals surface area (Å²) in [5, 5.41) is 8.87. The van der Waals surface area contributed by atoms with E-state index >= 15 is 0 Å². The minimum atomic E-state index is -2.93. The predicted octanol–water partition coefficient (Wildman–Crippen LogP) is 3.96. The van der Waals surface area contributed by atoms with Gasteiger partial charge in [0.2, 0.25) is 0 Å². The maximum absolute atomic E-state index is 13.8. The fraction of sp³-hybridized carbons (Fsp3) is 0.235. The molecule has 0 saturated carbocycles. The van der Waals surface area contributed by atoms with Crippen LogP contribution in [0.1, 0.15) is 16.7 Å². The summed E-state index contributed by atoms with van der Waals surface area (Å²) in [6.07, 6.45) is 0.405. The second kappa shape index (κ2) is 6.04. The molecule has 1 unspecified atom stereocenters. The van der Waals surface area contributed by atoms with Crippen molar-refractivity contribution in [2.24, 2.45) is 0 Å². The fourth-order valence-electron chi connectivity index (χ4n) is 2.80. The van der Waals surface area contributed by atoms with Crippen LogP contribution in [0.2, 0.25) is 0 Å². The molecule has 2 aromatic rings. The van der Waals surface area contributed by atoms with Crippen molar-refractivity contribution in [3.8, 4) is 17.6 Å². The van der Waals surface area contributed by atoms with Gasteiger partial charge in [-0.2, -0.15) is 5.26 Å². The number of halogens is 3. The average molecular weight is 351 g/mol. The van der Waals surface area contributed by atoms with Gasteiger partial charge in [0.05, 0.1) is 11.6 Å². The molecule has 0 saturated heterocycles. The molecular formula is C17H12F3NO2S. The van der Waals surface area contributed by atoms with E-state index in [4.69, 9.17) is 10.00 Å². The highest BCUT2D eigenvalue weighted by molar-refractivity contribution is 7.90. The number of alkyl halides is 2. The van der Waals surface area contributed by atoms with Crippen molar-refractivity contribution in [2.45, 2.75) is 23.7 Å². The van der Waals surface area contributed by atoms with Gasteiger partial charge < -0.3 is 9.29 Å². The zero-order chi connectivity index (χ0) is 17.5. The molecule has 1 aliphatic carbocycles. The Balaban J connectivity index is 2.04. The fourth-order valence-corrected chi connectivity index (χ4v) is 3.60. The minimum Gasteiger partial charge on any atom is -0.612 e. The first-order chi connectivity index (χ1) is 11.3. The SMILES string of the molecule is C[S+]([O-])c1ccc(Oc2cc(F)cc(C#N)c2)c2c1CC(F)(F)C2. The van der Waals surface area contributed by atoms with Crippen LogP contribution in [0.15, 0.2) is 35.2 Å². The van der Waals surface area contributed by atoms with Crippen LogP contribution in [0.5, 0.6) is 11.5 Å². The number of nitriles is 1. The molecule has 2 aromatic carbocycles. The lowest BCUT2D eigenvalue weighted by Crippen LogP contribution is -2.15. The molecule has 3 nitrogen and oxygen atoms in total. The van der Waals surface area contributed by atoms with Crippen molar-refractivity contribution in [3.63, 3.8) is 0 Å². The van der Waals surface area contributed by atoms with Crippen LogP contribution in [-0.4, -0.2) is 16.7 Å². The first kappa shape index (κ1) is 16.7. The number of hydrogen-bond donors (Lipinski definition) is 0. The molecule has 0 fully saturated rings. The molecule has 0 radical (unpaired) electrons. The lowest BCUT2D eigenvalue weighted by atomic mass is 10.1. The van der Waals surface area contributed by atoms with Gasteiger partial charge in [-0.1, -0.05) is 0 Å². The van der Waals surface area contributed by atoms with Crippen molar-refractivity contribution in [1.82, 2.24) is 0 Å². The predicted molar refractivity (Wildman–Crippen MR) is 82.3 cm³/mol. The zero-order valence-corrected chi connectivity index (χ0v) is 13.4. The second-order valence-electron chi connectivity index (χ2n) is 5.57. The molecule has 0 aliphatic heterocycles. The summed E-state index contributed by atoms with van der Waals surface area (Å²) in [6.45, 7) is 0. The Hall–Kier alpha value is -2.17. The first-order valence-electron chi connectivity index (χ1n) is 7.03. The molecule has 3 rings (SSSR count).